The number of anilines is 6. The average molecular weight is 721 g/mol. The Kier molecular flexibility index (Phi) is 7.32. The summed E-state index contributed by atoms with van der Waals surface area (Å²) in [4.78, 5) is 15.2. The predicted molar refractivity (Wildman–Crippen MR) is 232 cm³/mol. The van der Waals surface area contributed by atoms with Gasteiger partial charge in [0.25, 0.3) is 0 Å². The van der Waals surface area contributed by atoms with Gasteiger partial charge in [0.2, 0.25) is 0 Å². The maximum Gasteiger partial charge on any atom is 0.160 e. The van der Waals surface area contributed by atoms with Gasteiger partial charge in [-0.3, -0.25) is 4.90 Å². The molecule has 0 atom stereocenters. The van der Waals surface area contributed by atoms with Gasteiger partial charge in [-0.1, -0.05) is 133 Å². The summed E-state index contributed by atoms with van der Waals surface area (Å²) >= 11 is 1.83. The van der Waals surface area contributed by atoms with Gasteiger partial charge in [-0.05, 0) is 82.6 Å². The largest absolute Gasteiger partial charge is 0.305 e. The fraction of sp³-hybridized carbons (Fsp3) is 0. The average Bonchev–Trinajstić information content (AvgIpc) is 3.64. The number of thiophene rings is 1. The lowest BCUT2D eigenvalue weighted by atomic mass is 9.96. The second kappa shape index (κ2) is 12.8. The van der Waals surface area contributed by atoms with Crippen LogP contribution in [0.3, 0.4) is 0 Å². The molecule has 0 bridgehead atoms. The van der Waals surface area contributed by atoms with Crippen molar-refractivity contribution in [3.05, 3.63) is 194 Å². The van der Waals surface area contributed by atoms with Crippen molar-refractivity contribution < 1.29 is 0 Å². The number of hydrogen-bond donors (Lipinski definition) is 0. The van der Waals surface area contributed by atoms with Crippen LogP contribution >= 0.6 is 11.3 Å². The maximum atomic E-state index is 5.25. The van der Waals surface area contributed by atoms with Crippen LogP contribution in [0.2, 0.25) is 0 Å². The zero-order valence-electron chi connectivity index (χ0n) is 29.7. The fourth-order valence-corrected chi connectivity index (χ4v) is 9.25. The van der Waals surface area contributed by atoms with Crippen molar-refractivity contribution in [2.24, 2.45) is 0 Å². The van der Waals surface area contributed by atoms with E-state index in [9.17, 15) is 0 Å². The smallest absolute Gasteiger partial charge is 0.160 e. The highest BCUT2D eigenvalue weighted by Crippen LogP contribution is 2.59. The van der Waals surface area contributed by atoms with Gasteiger partial charge in [-0.25, -0.2) is 9.97 Å². The van der Waals surface area contributed by atoms with Crippen LogP contribution < -0.4 is 9.80 Å². The van der Waals surface area contributed by atoms with Crippen molar-refractivity contribution in [3.63, 3.8) is 0 Å². The molecule has 4 nitrogen and oxygen atoms in total. The molecular weight excluding hydrogens is 689 g/mol. The van der Waals surface area contributed by atoms with E-state index in [-0.39, 0.29) is 0 Å². The van der Waals surface area contributed by atoms with Crippen LogP contribution in [0.1, 0.15) is 0 Å². The van der Waals surface area contributed by atoms with Crippen LogP contribution in [-0.4, -0.2) is 9.97 Å². The van der Waals surface area contributed by atoms with Gasteiger partial charge in [0.05, 0.1) is 28.3 Å². The van der Waals surface area contributed by atoms with Gasteiger partial charge in [0.15, 0.2) is 5.82 Å². The summed E-state index contributed by atoms with van der Waals surface area (Å²) in [5, 5.41) is 5.95. The van der Waals surface area contributed by atoms with E-state index in [1.165, 1.54) is 42.7 Å². The first-order valence-corrected chi connectivity index (χ1v) is 19.3. The van der Waals surface area contributed by atoms with Crippen LogP contribution in [0, 0.1) is 0 Å². The SMILES string of the molecule is c1ccc(N2c3ccccc3N(c3ccc(-c4nc(-c5ccc(-c6cccc7ccccc67)cc5)c5ccccc5n4)cc3)c3c2sc2ccccc32)cc1. The van der Waals surface area contributed by atoms with E-state index in [2.05, 4.69) is 198 Å². The van der Waals surface area contributed by atoms with Crippen LogP contribution in [0.25, 0.3) is 65.5 Å². The molecule has 0 aliphatic carbocycles. The minimum Gasteiger partial charge on any atom is -0.305 e. The Balaban J connectivity index is 1.01. The third-order valence-corrected chi connectivity index (χ3v) is 11.7. The van der Waals surface area contributed by atoms with Crippen molar-refractivity contribution in [1.82, 2.24) is 9.97 Å². The zero-order chi connectivity index (χ0) is 36.3. The summed E-state index contributed by atoms with van der Waals surface area (Å²) in [5.74, 6) is 0.703. The lowest BCUT2D eigenvalue weighted by Crippen LogP contribution is -2.22. The summed E-state index contributed by atoms with van der Waals surface area (Å²) < 4.78 is 1.25. The molecule has 55 heavy (non-hydrogen) atoms. The molecule has 0 fully saturated rings. The number of benzene rings is 8. The molecule has 11 rings (SSSR count). The molecular formula is C50H32N4S. The fourth-order valence-electron chi connectivity index (χ4n) is 8.03. The van der Waals surface area contributed by atoms with E-state index in [1.807, 2.05) is 17.4 Å². The molecule has 0 unspecified atom stereocenters. The standard InChI is InChI=1S/C50H32N4S/c1-2-15-37(16-3-1)54-45-23-10-9-22-44(45)53(48-42-19-7-11-24-46(42)55-50(48)54)38-31-29-36(30-32-38)49-51-43-21-8-6-18-41(43)47(52-49)35-27-25-34(26-28-35)40-20-12-14-33-13-4-5-17-39(33)40/h1-32H. The topological polar surface area (TPSA) is 32.3 Å². The van der Waals surface area contributed by atoms with Gasteiger partial charge in [-0.2, -0.15) is 0 Å². The van der Waals surface area contributed by atoms with Crippen molar-refractivity contribution in [2.45, 2.75) is 0 Å². The molecule has 5 heteroatoms. The van der Waals surface area contributed by atoms with Crippen molar-refractivity contribution in [2.75, 3.05) is 9.80 Å². The van der Waals surface area contributed by atoms with Gasteiger partial charge >= 0.3 is 0 Å². The summed E-state index contributed by atoms with van der Waals surface area (Å²) in [6.07, 6.45) is 0. The molecule has 258 valence electrons. The highest BCUT2D eigenvalue weighted by atomic mass is 32.1. The number of hydrogen-bond acceptors (Lipinski definition) is 5. The van der Waals surface area contributed by atoms with E-state index in [4.69, 9.17) is 9.97 Å². The molecule has 1 aliphatic heterocycles. The monoisotopic (exact) mass is 720 g/mol. The molecule has 0 N–H and O–H groups in total. The third-order valence-electron chi connectivity index (χ3n) is 10.6. The highest BCUT2D eigenvalue weighted by molar-refractivity contribution is 7.24. The van der Waals surface area contributed by atoms with E-state index < -0.39 is 0 Å². The quantitative estimate of drug-likeness (QED) is 0.177. The highest BCUT2D eigenvalue weighted by Gasteiger charge is 2.33. The number of aromatic nitrogens is 2. The lowest BCUT2D eigenvalue weighted by molar-refractivity contribution is 1.20. The molecule has 8 aromatic carbocycles. The van der Waals surface area contributed by atoms with Crippen LogP contribution in [0.15, 0.2) is 194 Å². The third kappa shape index (κ3) is 5.20. The first-order valence-electron chi connectivity index (χ1n) is 18.5. The minimum atomic E-state index is 0.703. The number of rotatable bonds is 5. The molecule has 10 aromatic rings. The number of nitrogens with zero attached hydrogens (tertiary/aromatic N) is 4. The molecule has 0 amide bonds. The van der Waals surface area contributed by atoms with Crippen molar-refractivity contribution in [3.8, 4) is 33.8 Å². The second-order valence-corrected chi connectivity index (χ2v) is 14.8. The summed E-state index contributed by atoms with van der Waals surface area (Å²) in [6, 6.07) is 69.0. The Morgan fingerprint density at radius 3 is 1.82 bits per heavy atom. The normalized spacial score (nSPS) is 12.3. The molecule has 1 aliphatic rings. The van der Waals surface area contributed by atoms with Crippen LogP contribution in [-0.2, 0) is 0 Å². The Morgan fingerprint density at radius 2 is 1.00 bits per heavy atom. The first kappa shape index (κ1) is 31.4. The Labute approximate surface area is 322 Å². The summed E-state index contributed by atoms with van der Waals surface area (Å²) in [6.45, 7) is 0. The Morgan fingerprint density at radius 1 is 0.400 bits per heavy atom. The Bertz CT molecular complexity index is 3040. The van der Waals surface area contributed by atoms with Gasteiger partial charge < -0.3 is 4.90 Å². The zero-order valence-corrected chi connectivity index (χ0v) is 30.5. The number of fused-ring (bicyclic) bond motifs is 6. The molecule has 2 aromatic heterocycles. The van der Waals surface area contributed by atoms with Crippen molar-refractivity contribution >= 4 is 76.5 Å². The van der Waals surface area contributed by atoms with Crippen LogP contribution in [0.4, 0.5) is 33.4 Å². The summed E-state index contributed by atoms with van der Waals surface area (Å²) in [5.41, 5.74) is 12.0. The van der Waals surface area contributed by atoms with Crippen molar-refractivity contribution in [1.29, 1.82) is 0 Å². The van der Waals surface area contributed by atoms with Gasteiger partial charge in [0, 0.05) is 38.0 Å². The van der Waals surface area contributed by atoms with Gasteiger partial charge in [0.1, 0.15) is 5.00 Å². The van der Waals surface area contributed by atoms with Crippen LogP contribution in [0.5, 0.6) is 0 Å². The summed E-state index contributed by atoms with van der Waals surface area (Å²) in [7, 11) is 0. The molecule has 0 radical (unpaired) electrons. The van der Waals surface area contributed by atoms with Gasteiger partial charge in [-0.15, -0.1) is 11.3 Å². The number of para-hydroxylation sites is 4. The predicted octanol–water partition coefficient (Wildman–Crippen LogP) is 14.3. The Hall–Kier alpha value is -7.08. The molecule has 0 saturated heterocycles. The minimum absolute atomic E-state index is 0.703. The lowest BCUT2D eigenvalue weighted by Gasteiger charge is -2.38. The molecule has 0 saturated carbocycles. The van der Waals surface area contributed by atoms with E-state index in [1.54, 1.807) is 0 Å². The van der Waals surface area contributed by atoms with E-state index in [0.29, 0.717) is 5.82 Å². The first-order chi connectivity index (χ1) is 27.3. The van der Waals surface area contributed by atoms with E-state index >= 15 is 0 Å². The molecule has 3 heterocycles. The second-order valence-electron chi connectivity index (χ2n) is 13.8. The maximum absolute atomic E-state index is 5.25. The van der Waals surface area contributed by atoms with E-state index in [0.717, 1.165) is 50.5 Å². The molecule has 0 spiro atoms.